The van der Waals surface area contributed by atoms with Gasteiger partial charge in [0.25, 0.3) is 0 Å². The molecule has 1 fully saturated rings. The minimum absolute atomic E-state index is 0.965. The molecule has 0 atom stereocenters. The molecule has 1 aliphatic carbocycles. The third-order valence-corrected chi connectivity index (χ3v) is 4.09. The van der Waals surface area contributed by atoms with Gasteiger partial charge in [0, 0.05) is 11.9 Å². The van der Waals surface area contributed by atoms with E-state index in [0.29, 0.717) is 0 Å². The molecule has 1 heterocycles. The first-order chi connectivity index (χ1) is 7.34. The van der Waals surface area contributed by atoms with Gasteiger partial charge in [0.1, 0.15) is 0 Å². The van der Waals surface area contributed by atoms with E-state index >= 15 is 0 Å². The van der Waals surface area contributed by atoms with E-state index in [4.69, 9.17) is 0 Å². The van der Waals surface area contributed by atoms with E-state index in [1.54, 1.807) is 11.3 Å². The molecule has 2 rings (SSSR count). The van der Waals surface area contributed by atoms with Crippen LogP contribution in [0.2, 0.25) is 0 Å². The number of rotatable bonds is 4. The van der Waals surface area contributed by atoms with Gasteiger partial charge in [-0.3, -0.25) is 0 Å². The Hall–Kier alpha value is -0.570. The van der Waals surface area contributed by atoms with Crippen molar-refractivity contribution in [2.45, 2.75) is 45.4 Å². The van der Waals surface area contributed by atoms with Crippen molar-refractivity contribution in [2.24, 2.45) is 5.92 Å². The quantitative estimate of drug-likeness (QED) is 0.840. The zero-order chi connectivity index (χ0) is 10.5. The van der Waals surface area contributed by atoms with Crippen LogP contribution in [0.15, 0.2) is 5.38 Å². The van der Waals surface area contributed by atoms with Crippen LogP contribution in [-0.4, -0.2) is 11.5 Å². The van der Waals surface area contributed by atoms with E-state index in [1.807, 2.05) is 6.92 Å². The van der Waals surface area contributed by atoms with Crippen molar-refractivity contribution in [1.82, 2.24) is 4.98 Å². The fourth-order valence-corrected chi connectivity index (χ4v) is 3.01. The van der Waals surface area contributed by atoms with Crippen LogP contribution in [0.3, 0.4) is 0 Å². The molecule has 1 N–H and O–H groups in total. The second kappa shape index (κ2) is 5.50. The SMILES string of the molecule is Cc1csc(NCCC2CCCCC2)n1. The Bertz CT molecular complexity index is 290. The predicted molar refractivity (Wildman–Crippen MR) is 66.5 cm³/mol. The topological polar surface area (TPSA) is 24.9 Å². The van der Waals surface area contributed by atoms with Gasteiger partial charge in [0.05, 0.1) is 5.69 Å². The van der Waals surface area contributed by atoms with Crippen LogP contribution in [-0.2, 0) is 0 Å². The van der Waals surface area contributed by atoms with Crippen molar-refractivity contribution >= 4 is 16.5 Å². The molecular weight excluding hydrogens is 204 g/mol. The molecule has 0 saturated heterocycles. The lowest BCUT2D eigenvalue weighted by Crippen LogP contribution is -2.12. The van der Waals surface area contributed by atoms with Crippen LogP contribution in [0.4, 0.5) is 5.13 Å². The molecule has 0 spiro atoms. The number of hydrogen-bond acceptors (Lipinski definition) is 3. The Morgan fingerprint density at radius 3 is 2.87 bits per heavy atom. The third kappa shape index (κ3) is 3.49. The number of aryl methyl sites for hydroxylation is 1. The van der Waals surface area contributed by atoms with Gasteiger partial charge >= 0.3 is 0 Å². The maximum Gasteiger partial charge on any atom is 0.182 e. The summed E-state index contributed by atoms with van der Waals surface area (Å²) in [6.07, 6.45) is 8.55. The summed E-state index contributed by atoms with van der Waals surface area (Å²) in [4.78, 5) is 4.40. The van der Waals surface area contributed by atoms with E-state index in [-0.39, 0.29) is 0 Å². The summed E-state index contributed by atoms with van der Waals surface area (Å²) >= 11 is 1.71. The highest BCUT2D eigenvalue weighted by molar-refractivity contribution is 7.13. The van der Waals surface area contributed by atoms with Crippen LogP contribution < -0.4 is 5.32 Å². The van der Waals surface area contributed by atoms with E-state index in [9.17, 15) is 0 Å². The first-order valence-corrected chi connectivity index (χ1v) is 6.88. The Morgan fingerprint density at radius 1 is 1.40 bits per heavy atom. The minimum atomic E-state index is 0.965. The smallest absolute Gasteiger partial charge is 0.182 e. The molecule has 0 aromatic carbocycles. The van der Waals surface area contributed by atoms with Crippen LogP contribution >= 0.6 is 11.3 Å². The largest absolute Gasteiger partial charge is 0.362 e. The molecule has 1 saturated carbocycles. The second-order valence-electron chi connectivity index (χ2n) is 4.51. The fraction of sp³-hybridized carbons (Fsp3) is 0.750. The summed E-state index contributed by atoms with van der Waals surface area (Å²) in [5.41, 5.74) is 1.13. The van der Waals surface area contributed by atoms with Crippen molar-refractivity contribution in [1.29, 1.82) is 0 Å². The summed E-state index contributed by atoms with van der Waals surface area (Å²) in [6.45, 7) is 3.14. The molecule has 3 heteroatoms. The number of thiazole rings is 1. The van der Waals surface area contributed by atoms with E-state index in [2.05, 4.69) is 15.7 Å². The zero-order valence-electron chi connectivity index (χ0n) is 9.46. The van der Waals surface area contributed by atoms with Gasteiger partial charge in [-0.1, -0.05) is 32.1 Å². The average molecular weight is 224 g/mol. The summed E-state index contributed by atoms with van der Waals surface area (Å²) in [7, 11) is 0. The van der Waals surface area contributed by atoms with Crippen LogP contribution in [0, 0.1) is 12.8 Å². The number of nitrogens with zero attached hydrogens (tertiary/aromatic N) is 1. The number of anilines is 1. The highest BCUT2D eigenvalue weighted by Crippen LogP contribution is 2.26. The molecule has 0 aliphatic heterocycles. The van der Waals surface area contributed by atoms with E-state index in [0.717, 1.165) is 23.3 Å². The Kier molecular flexibility index (Phi) is 4.01. The van der Waals surface area contributed by atoms with Gasteiger partial charge in [-0.25, -0.2) is 4.98 Å². The summed E-state index contributed by atoms with van der Waals surface area (Å²) in [5.74, 6) is 0.965. The highest BCUT2D eigenvalue weighted by atomic mass is 32.1. The molecule has 0 bridgehead atoms. The molecule has 0 unspecified atom stereocenters. The predicted octanol–water partition coefficient (Wildman–Crippen LogP) is 3.83. The standard InChI is InChI=1S/C12H20N2S/c1-10-9-15-12(14-10)13-8-7-11-5-3-2-4-6-11/h9,11H,2-8H2,1H3,(H,13,14). The molecule has 0 amide bonds. The maximum atomic E-state index is 4.40. The number of nitrogens with one attached hydrogen (secondary N) is 1. The molecule has 1 aromatic rings. The van der Waals surface area contributed by atoms with Crippen LogP contribution in [0.5, 0.6) is 0 Å². The second-order valence-corrected chi connectivity index (χ2v) is 5.37. The van der Waals surface area contributed by atoms with Gasteiger partial charge in [-0.05, 0) is 19.3 Å². The Morgan fingerprint density at radius 2 is 2.20 bits per heavy atom. The van der Waals surface area contributed by atoms with E-state index in [1.165, 1.54) is 38.5 Å². The molecule has 1 aromatic heterocycles. The third-order valence-electron chi connectivity index (χ3n) is 3.17. The Balaban J connectivity index is 1.65. The molecule has 15 heavy (non-hydrogen) atoms. The lowest BCUT2D eigenvalue weighted by molar-refractivity contribution is 0.345. The first kappa shape index (κ1) is 10.9. The van der Waals surface area contributed by atoms with Crippen LogP contribution in [0.25, 0.3) is 0 Å². The van der Waals surface area contributed by atoms with Crippen molar-refractivity contribution in [3.63, 3.8) is 0 Å². The normalized spacial score (nSPS) is 17.9. The lowest BCUT2D eigenvalue weighted by atomic mass is 9.87. The van der Waals surface area contributed by atoms with E-state index < -0.39 is 0 Å². The average Bonchev–Trinajstić information content (AvgIpc) is 2.66. The monoisotopic (exact) mass is 224 g/mol. The van der Waals surface area contributed by atoms with Gasteiger partial charge < -0.3 is 5.32 Å². The fourth-order valence-electron chi connectivity index (χ4n) is 2.29. The van der Waals surface area contributed by atoms with Crippen molar-refractivity contribution in [3.05, 3.63) is 11.1 Å². The zero-order valence-corrected chi connectivity index (χ0v) is 10.3. The molecule has 2 nitrogen and oxygen atoms in total. The number of aromatic nitrogens is 1. The van der Waals surface area contributed by atoms with Crippen LogP contribution in [0.1, 0.15) is 44.2 Å². The summed E-state index contributed by atoms with van der Waals surface area (Å²) < 4.78 is 0. The van der Waals surface area contributed by atoms with Crippen molar-refractivity contribution in [2.75, 3.05) is 11.9 Å². The van der Waals surface area contributed by atoms with Crippen molar-refractivity contribution in [3.8, 4) is 0 Å². The maximum absolute atomic E-state index is 4.40. The van der Waals surface area contributed by atoms with Crippen molar-refractivity contribution < 1.29 is 0 Å². The molecule has 1 aliphatic rings. The minimum Gasteiger partial charge on any atom is -0.362 e. The Labute approximate surface area is 96.1 Å². The van der Waals surface area contributed by atoms with Gasteiger partial charge in [-0.15, -0.1) is 11.3 Å². The summed E-state index contributed by atoms with van der Waals surface area (Å²) in [5, 5.41) is 6.61. The summed E-state index contributed by atoms with van der Waals surface area (Å²) in [6, 6.07) is 0. The molecule has 84 valence electrons. The van der Waals surface area contributed by atoms with Gasteiger partial charge in [0.15, 0.2) is 5.13 Å². The van der Waals surface area contributed by atoms with Gasteiger partial charge in [0.2, 0.25) is 0 Å². The number of hydrogen-bond donors (Lipinski definition) is 1. The highest BCUT2D eigenvalue weighted by Gasteiger charge is 2.12. The lowest BCUT2D eigenvalue weighted by Gasteiger charge is -2.21. The van der Waals surface area contributed by atoms with Gasteiger partial charge in [-0.2, -0.15) is 0 Å². The molecular formula is C12H20N2S. The first-order valence-electron chi connectivity index (χ1n) is 6.00. The molecule has 0 radical (unpaired) electrons.